The first-order chi connectivity index (χ1) is 8.16. The first-order valence-electron chi connectivity index (χ1n) is 5.70. The minimum atomic E-state index is -0.355. The molecule has 1 heterocycles. The maximum Gasteiger partial charge on any atom is 0.255 e. The molecule has 1 fully saturated rings. The maximum atomic E-state index is 11.9. The molecule has 4 N–H and O–H groups in total. The van der Waals surface area contributed by atoms with Gasteiger partial charge in [-0.05, 0) is 37.6 Å². The van der Waals surface area contributed by atoms with Gasteiger partial charge in [0.25, 0.3) is 5.91 Å². The minimum absolute atomic E-state index is 0.0327. The Morgan fingerprint density at radius 3 is 2.94 bits per heavy atom. The van der Waals surface area contributed by atoms with Gasteiger partial charge in [-0.25, -0.2) is 0 Å². The molecule has 1 aliphatic heterocycles. The Kier molecular flexibility index (Phi) is 3.49. The van der Waals surface area contributed by atoms with Crippen molar-refractivity contribution in [3.05, 3.63) is 23.8 Å². The van der Waals surface area contributed by atoms with Crippen molar-refractivity contribution in [2.75, 3.05) is 13.1 Å². The summed E-state index contributed by atoms with van der Waals surface area (Å²) in [5.41, 5.74) is 0.107. The van der Waals surface area contributed by atoms with Crippen LogP contribution in [0.3, 0.4) is 0 Å². The van der Waals surface area contributed by atoms with Gasteiger partial charge >= 0.3 is 0 Å². The van der Waals surface area contributed by atoms with E-state index in [1.54, 1.807) is 0 Å². The number of hydrogen-bond donors (Lipinski definition) is 4. The largest absolute Gasteiger partial charge is 0.508 e. The van der Waals surface area contributed by atoms with E-state index < -0.39 is 0 Å². The summed E-state index contributed by atoms with van der Waals surface area (Å²) in [7, 11) is 0. The van der Waals surface area contributed by atoms with Crippen molar-refractivity contribution in [2.45, 2.75) is 18.9 Å². The van der Waals surface area contributed by atoms with Crippen LogP contribution in [0.25, 0.3) is 0 Å². The van der Waals surface area contributed by atoms with Crippen molar-refractivity contribution < 1.29 is 15.0 Å². The maximum absolute atomic E-state index is 11.9. The number of phenolic OH excluding ortho intramolecular Hbond substituents is 2. The van der Waals surface area contributed by atoms with Crippen molar-refractivity contribution in [1.29, 1.82) is 0 Å². The minimum Gasteiger partial charge on any atom is -0.508 e. The lowest BCUT2D eigenvalue weighted by Gasteiger charge is -2.23. The summed E-state index contributed by atoms with van der Waals surface area (Å²) in [6, 6.07) is 4.00. The van der Waals surface area contributed by atoms with E-state index >= 15 is 0 Å². The standard InChI is InChI=1S/C12H16N2O3/c15-9-3-4-11(16)10(6-9)12(17)14-8-2-1-5-13-7-8/h3-4,6,8,13,15-16H,1-2,5,7H2,(H,14,17)/t8-/m0/s1. The van der Waals surface area contributed by atoms with Gasteiger partial charge in [0.1, 0.15) is 11.5 Å². The van der Waals surface area contributed by atoms with Crippen LogP contribution < -0.4 is 10.6 Å². The molecule has 0 aliphatic carbocycles. The van der Waals surface area contributed by atoms with Crippen LogP contribution in [-0.2, 0) is 0 Å². The molecule has 0 bridgehead atoms. The van der Waals surface area contributed by atoms with Crippen molar-refractivity contribution in [2.24, 2.45) is 0 Å². The number of piperidine rings is 1. The Hall–Kier alpha value is -1.75. The molecule has 0 unspecified atom stereocenters. The predicted octanol–water partition coefficient (Wildman–Crippen LogP) is 0.580. The lowest BCUT2D eigenvalue weighted by atomic mass is 10.1. The fraction of sp³-hybridized carbons (Fsp3) is 0.417. The van der Waals surface area contributed by atoms with Gasteiger partial charge < -0.3 is 20.8 Å². The number of amides is 1. The van der Waals surface area contributed by atoms with Gasteiger partial charge in [0, 0.05) is 12.6 Å². The number of carbonyl (C=O) groups excluding carboxylic acids is 1. The van der Waals surface area contributed by atoms with Crippen LogP contribution in [0.5, 0.6) is 11.5 Å². The molecule has 1 saturated heterocycles. The molecule has 1 aliphatic rings. The average molecular weight is 236 g/mol. The van der Waals surface area contributed by atoms with Gasteiger partial charge in [-0.2, -0.15) is 0 Å². The highest BCUT2D eigenvalue weighted by Gasteiger charge is 2.18. The third-order valence-electron chi connectivity index (χ3n) is 2.86. The summed E-state index contributed by atoms with van der Waals surface area (Å²) >= 11 is 0. The smallest absolute Gasteiger partial charge is 0.255 e. The van der Waals surface area contributed by atoms with E-state index in [4.69, 9.17) is 0 Å². The molecule has 1 aromatic rings. The molecule has 0 radical (unpaired) electrons. The summed E-state index contributed by atoms with van der Waals surface area (Å²) in [4.78, 5) is 11.9. The van der Waals surface area contributed by atoms with E-state index in [1.165, 1.54) is 18.2 Å². The molecule has 92 valence electrons. The van der Waals surface area contributed by atoms with Crippen LogP contribution in [0, 0.1) is 0 Å². The number of benzene rings is 1. The lowest BCUT2D eigenvalue weighted by Crippen LogP contribution is -2.45. The van der Waals surface area contributed by atoms with Crippen molar-refractivity contribution in [3.63, 3.8) is 0 Å². The SMILES string of the molecule is O=C(N[C@H]1CCCNC1)c1cc(O)ccc1O. The van der Waals surface area contributed by atoms with Crippen molar-refractivity contribution in [3.8, 4) is 11.5 Å². The van der Waals surface area contributed by atoms with E-state index in [-0.39, 0.29) is 29.0 Å². The van der Waals surface area contributed by atoms with E-state index in [0.717, 1.165) is 25.9 Å². The first-order valence-corrected chi connectivity index (χ1v) is 5.70. The Morgan fingerprint density at radius 1 is 1.41 bits per heavy atom. The molecule has 5 nitrogen and oxygen atoms in total. The normalized spacial score (nSPS) is 19.9. The zero-order chi connectivity index (χ0) is 12.3. The van der Waals surface area contributed by atoms with Gasteiger partial charge in [0.05, 0.1) is 5.56 Å². The van der Waals surface area contributed by atoms with Gasteiger partial charge in [-0.1, -0.05) is 0 Å². The fourth-order valence-corrected chi connectivity index (χ4v) is 1.94. The molecule has 17 heavy (non-hydrogen) atoms. The Morgan fingerprint density at radius 2 is 2.24 bits per heavy atom. The predicted molar refractivity (Wildman–Crippen MR) is 63.1 cm³/mol. The van der Waals surface area contributed by atoms with Gasteiger partial charge in [0.15, 0.2) is 0 Å². The van der Waals surface area contributed by atoms with Crippen LogP contribution in [0.15, 0.2) is 18.2 Å². The number of carbonyl (C=O) groups is 1. The third-order valence-corrected chi connectivity index (χ3v) is 2.86. The number of aromatic hydroxyl groups is 2. The van der Waals surface area contributed by atoms with Gasteiger partial charge in [-0.3, -0.25) is 4.79 Å². The quantitative estimate of drug-likeness (QED) is 0.566. The van der Waals surface area contributed by atoms with Crippen LogP contribution in [0.2, 0.25) is 0 Å². The molecule has 0 aromatic heterocycles. The van der Waals surface area contributed by atoms with Crippen LogP contribution in [-0.4, -0.2) is 35.3 Å². The van der Waals surface area contributed by atoms with E-state index in [2.05, 4.69) is 10.6 Å². The molecule has 5 heteroatoms. The second kappa shape index (κ2) is 5.05. The molecule has 1 atom stereocenters. The molecule has 2 rings (SSSR count). The lowest BCUT2D eigenvalue weighted by molar-refractivity contribution is 0.0927. The monoisotopic (exact) mass is 236 g/mol. The highest BCUT2D eigenvalue weighted by Crippen LogP contribution is 2.22. The second-order valence-corrected chi connectivity index (χ2v) is 4.22. The van der Waals surface area contributed by atoms with Crippen LogP contribution >= 0.6 is 0 Å². The molecule has 0 spiro atoms. The number of phenols is 2. The molecular formula is C12H16N2O3. The van der Waals surface area contributed by atoms with E-state index in [9.17, 15) is 15.0 Å². The topological polar surface area (TPSA) is 81.6 Å². The van der Waals surface area contributed by atoms with Crippen LogP contribution in [0.1, 0.15) is 23.2 Å². The zero-order valence-corrected chi connectivity index (χ0v) is 9.44. The summed E-state index contributed by atoms with van der Waals surface area (Å²) in [5, 5.41) is 24.9. The Bertz CT molecular complexity index is 414. The summed E-state index contributed by atoms with van der Waals surface area (Å²) in [6.45, 7) is 1.72. The Balaban J connectivity index is 2.05. The number of hydrogen-bond acceptors (Lipinski definition) is 4. The van der Waals surface area contributed by atoms with Gasteiger partial charge in [0.2, 0.25) is 0 Å². The van der Waals surface area contributed by atoms with Gasteiger partial charge in [-0.15, -0.1) is 0 Å². The van der Waals surface area contributed by atoms with E-state index in [1.807, 2.05) is 0 Å². The highest BCUT2D eigenvalue weighted by molar-refractivity contribution is 5.97. The van der Waals surface area contributed by atoms with E-state index in [0.29, 0.717) is 0 Å². The number of nitrogens with one attached hydrogen (secondary N) is 2. The molecule has 1 aromatic carbocycles. The Labute approximate surface area is 99.5 Å². The molecule has 1 amide bonds. The highest BCUT2D eigenvalue weighted by atomic mass is 16.3. The third kappa shape index (κ3) is 2.88. The van der Waals surface area contributed by atoms with Crippen LogP contribution in [0.4, 0.5) is 0 Å². The molecular weight excluding hydrogens is 220 g/mol. The fourth-order valence-electron chi connectivity index (χ4n) is 1.94. The first kappa shape index (κ1) is 11.7. The number of rotatable bonds is 2. The summed E-state index contributed by atoms with van der Waals surface area (Å²) in [6.07, 6.45) is 1.95. The average Bonchev–Trinajstić information content (AvgIpc) is 2.33. The van der Waals surface area contributed by atoms with Crippen molar-refractivity contribution in [1.82, 2.24) is 10.6 Å². The van der Waals surface area contributed by atoms with Crippen molar-refractivity contribution >= 4 is 5.91 Å². The molecule has 0 saturated carbocycles. The summed E-state index contributed by atoms with van der Waals surface area (Å²) in [5.74, 6) is -0.508. The zero-order valence-electron chi connectivity index (χ0n) is 9.44. The second-order valence-electron chi connectivity index (χ2n) is 4.22. The summed E-state index contributed by atoms with van der Waals surface area (Å²) < 4.78 is 0.